The zero-order chi connectivity index (χ0) is 24.0. The topological polar surface area (TPSA) is 128 Å². The van der Waals surface area contributed by atoms with E-state index in [1.54, 1.807) is 24.3 Å². The van der Waals surface area contributed by atoms with Crippen molar-refractivity contribution in [2.75, 3.05) is 10.6 Å². The third-order valence-electron chi connectivity index (χ3n) is 7.62. The number of carbonyl (C=O) groups is 5. The standard InChI is InChI=1S/C25H26N2O7/c1-12-17-8-2-13(10-19(17)24(31)33-12)21(28)26-15-4-6-16(7-5-15)27-22(29)14-3-9-18-20(11-14)25(32)34-23(18)30/h4-7,13-14,17-20H,1-3,8-11H2,(H,26,28)(H,27,29). The summed E-state index contributed by atoms with van der Waals surface area (Å²) < 4.78 is 9.84. The van der Waals surface area contributed by atoms with Crippen molar-refractivity contribution in [3.8, 4) is 0 Å². The number of allylic oxidation sites excluding steroid dienone is 1. The van der Waals surface area contributed by atoms with Gasteiger partial charge >= 0.3 is 17.9 Å². The summed E-state index contributed by atoms with van der Waals surface area (Å²) in [6.45, 7) is 3.80. The predicted molar refractivity (Wildman–Crippen MR) is 119 cm³/mol. The second-order valence-corrected chi connectivity index (χ2v) is 9.63. The van der Waals surface area contributed by atoms with E-state index in [9.17, 15) is 24.0 Å². The smallest absolute Gasteiger partial charge is 0.317 e. The van der Waals surface area contributed by atoms with Gasteiger partial charge in [-0.05, 0) is 62.8 Å². The summed E-state index contributed by atoms with van der Waals surface area (Å²) in [5.41, 5.74) is 1.17. The summed E-state index contributed by atoms with van der Waals surface area (Å²) in [4.78, 5) is 60.9. The summed E-state index contributed by atoms with van der Waals surface area (Å²) in [5, 5.41) is 5.73. The van der Waals surface area contributed by atoms with Gasteiger partial charge in [0.05, 0.1) is 17.8 Å². The number of anilines is 2. The molecule has 2 saturated carbocycles. The Morgan fingerprint density at radius 2 is 1.12 bits per heavy atom. The molecule has 34 heavy (non-hydrogen) atoms. The second kappa shape index (κ2) is 8.70. The highest BCUT2D eigenvalue weighted by Crippen LogP contribution is 2.44. The Hall–Kier alpha value is -3.49. The van der Waals surface area contributed by atoms with Crippen molar-refractivity contribution in [3.63, 3.8) is 0 Å². The van der Waals surface area contributed by atoms with Crippen molar-refractivity contribution in [1.29, 1.82) is 0 Å². The van der Waals surface area contributed by atoms with Gasteiger partial charge in [-0.25, -0.2) is 0 Å². The molecule has 0 aromatic heterocycles. The van der Waals surface area contributed by atoms with E-state index in [1.165, 1.54) is 0 Å². The Balaban J connectivity index is 1.14. The van der Waals surface area contributed by atoms with Crippen LogP contribution in [0.5, 0.6) is 0 Å². The monoisotopic (exact) mass is 466 g/mol. The highest BCUT2D eigenvalue weighted by Gasteiger charge is 2.49. The number of rotatable bonds is 4. The molecular weight excluding hydrogens is 440 g/mol. The molecule has 6 atom stereocenters. The van der Waals surface area contributed by atoms with E-state index in [1.807, 2.05) is 0 Å². The molecule has 4 fully saturated rings. The molecule has 4 aliphatic rings. The maximum atomic E-state index is 12.7. The van der Waals surface area contributed by atoms with Crippen LogP contribution in [0.4, 0.5) is 11.4 Å². The van der Waals surface area contributed by atoms with Gasteiger partial charge < -0.3 is 20.1 Å². The summed E-state index contributed by atoms with van der Waals surface area (Å²) >= 11 is 0. The molecule has 178 valence electrons. The molecule has 2 aliphatic heterocycles. The van der Waals surface area contributed by atoms with Crippen molar-refractivity contribution in [2.24, 2.45) is 35.5 Å². The van der Waals surface area contributed by atoms with Gasteiger partial charge in [-0.3, -0.25) is 24.0 Å². The zero-order valence-corrected chi connectivity index (χ0v) is 18.6. The molecule has 1 aromatic carbocycles. The van der Waals surface area contributed by atoms with Crippen molar-refractivity contribution in [1.82, 2.24) is 0 Å². The van der Waals surface area contributed by atoms with Crippen LogP contribution in [0, 0.1) is 35.5 Å². The van der Waals surface area contributed by atoms with E-state index in [2.05, 4.69) is 17.2 Å². The second-order valence-electron chi connectivity index (χ2n) is 9.63. The molecule has 2 heterocycles. The normalized spacial score (nSPS) is 32.4. The van der Waals surface area contributed by atoms with Gasteiger partial charge in [0.2, 0.25) is 11.8 Å². The van der Waals surface area contributed by atoms with Crippen LogP contribution in [0.25, 0.3) is 0 Å². The van der Waals surface area contributed by atoms with Crippen LogP contribution in [-0.4, -0.2) is 29.7 Å². The minimum absolute atomic E-state index is 0.00861. The Morgan fingerprint density at radius 3 is 1.68 bits per heavy atom. The van der Waals surface area contributed by atoms with Crippen molar-refractivity contribution >= 4 is 41.1 Å². The first-order valence-corrected chi connectivity index (χ1v) is 11.7. The molecule has 2 amide bonds. The number of fused-ring (bicyclic) bond motifs is 2. The van der Waals surface area contributed by atoms with Crippen LogP contribution in [0.15, 0.2) is 36.6 Å². The van der Waals surface area contributed by atoms with Crippen molar-refractivity contribution in [3.05, 3.63) is 36.6 Å². The van der Waals surface area contributed by atoms with Crippen molar-refractivity contribution in [2.45, 2.75) is 38.5 Å². The fourth-order valence-corrected chi connectivity index (χ4v) is 5.66. The summed E-state index contributed by atoms with van der Waals surface area (Å²) in [6.07, 6.45) is 3.11. The first-order valence-electron chi connectivity index (χ1n) is 11.7. The third-order valence-corrected chi connectivity index (χ3v) is 7.62. The quantitative estimate of drug-likeness (QED) is 0.516. The lowest BCUT2D eigenvalue weighted by atomic mass is 9.74. The van der Waals surface area contributed by atoms with Gasteiger partial charge in [-0.15, -0.1) is 0 Å². The van der Waals surface area contributed by atoms with E-state index in [4.69, 9.17) is 9.47 Å². The van der Waals surface area contributed by atoms with Gasteiger partial charge in [0.1, 0.15) is 5.76 Å². The predicted octanol–water partition coefficient (Wildman–Crippen LogP) is 2.78. The molecule has 0 radical (unpaired) electrons. The van der Waals surface area contributed by atoms with Crippen LogP contribution in [0.2, 0.25) is 0 Å². The zero-order valence-electron chi connectivity index (χ0n) is 18.6. The van der Waals surface area contributed by atoms with Crippen molar-refractivity contribution < 1.29 is 33.4 Å². The van der Waals surface area contributed by atoms with E-state index in [0.29, 0.717) is 55.7 Å². The minimum Gasteiger partial charge on any atom is -0.431 e. The van der Waals surface area contributed by atoms with Crippen LogP contribution in [-0.2, 0) is 33.4 Å². The number of hydrogen-bond donors (Lipinski definition) is 2. The van der Waals surface area contributed by atoms with Gasteiger partial charge in [-0.1, -0.05) is 6.58 Å². The Kier molecular flexibility index (Phi) is 5.71. The Morgan fingerprint density at radius 1 is 0.676 bits per heavy atom. The number of carbonyl (C=O) groups excluding carboxylic acids is 5. The average molecular weight is 466 g/mol. The summed E-state index contributed by atoms with van der Waals surface area (Å²) in [7, 11) is 0. The molecule has 0 bridgehead atoms. The minimum atomic E-state index is -0.534. The number of amides is 2. The number of cyclic esters (lactones) is 3. The van der Waals surface area contributed by atoms with Crippen LogP contribution in [0.1, 0.15) is 38.5 Å². The molecular formula is C25H26N2O7. The molecule has 9 heteroatoms. The first-order chi connectivity index (χ1) is 16.3. The molecule has 6 unspecified atom stereocenters. The Labute approximate surface area is 196 Å². The molecule has 2 saturated heterocycles. The van der Waals surface area contributed by atoms with Crippen LogP contribution >= 0.6 is 0 Å². The molecule has 5 rings (SSSR count). The van der Waals surface area contributed by atoms with E-state index in [-0.39, 0.29) is 41.5 Å². The highest BCUT2D eigenvalue weighted by molar-refractivity contribution is 5.98. The summed E-state index contributed by atoms with van der Waals surface area (Å²) in [6, 6.07) is 6.80. The number of esters is 3. The first kappa shape index (κ1) is 22.3. The van der Waals surface area contributed by atoms with Gasteiger partial charge in [0.25, 0.3) is 0 Å². The Bertz CT molecular complexity index is 994. The van der Waals surface area contributed by atoms with Crippen LogP contribution < -0.4 is 10.6 Å². The fourth-order valence-electron chi connectivity index (χ4n) is 5.66. The van der Waals surface area contributed by atoms with E-state index < -0.39 is 23.8 Å². The number of benzene rings is 1. The third kappa shape index (κ3) is 4.10. The molecule has 2 N–H and O–H groups in total. The van der Waals surface area contributed by atoms with E-state index in [0.717, 1.165) is 0 Å². The maximum absolute atomic E-state index is 12.7. The van der Waals surface area contributed by atoms with Gasteiger partial charge in [-0.2, -0.15) is 0 Å². The fraction of sp³-hybridized carbons (Fsp3) is 0.480. The molecule has 0 spiro atoms. The van der Waals surface area contributed by atoms with Crippen LogP contribution in [0.3, 0.4) is 0 Å². The highest BCUT2D eigenvalue weighted by atomic mass is 16.6. The lowest BCUT2D eigenvalue weighted by molar-refractivity contribution is -0.154. The molecule has 1 aromatic rings. The summed E-state index contributed by atoms with van der Waals surface area (Å²) in [5.74, 6) is -3.03. The number of ether oxygens (including phenoxy) is 2. The lowest BCUT2D eigenvalue weighted by Crippen LogP contribution is -2.33. The number of hydrogen-bond acceptors (Lipinski definition) is 7. The molecule has 9 nitrogen and oxygen atoms in total. The lowest BCUT2D eigenvalue weighted by Gasteiger charge is -2.28. The number of nitrogens with one attached hydrogen (secondary N) is 2. The maximum Gasteiger partial charge on any atom is 0.317 e. The largest absolute Gasteiger partial charge is 0.431 e. The average Bonchev–Trinajstić information content (AvgIpc) is 3.28. The van der Waals surface area contributed by atoms with Gasteiger partial charge in [0, 0.05) is 29.1 Å². The van der Waals surface area contributed by atoms with E-state index >= 15 is 0 Å². The molecule has 2 aliphatic carbocycles. The van der Waals surface area contributed by atoms with Gasteiger partial charge in [0.15, 0.2) is 0 Å². The SMILES string of the molecule is C=C1OC(=O)C2CC(C(=O)Nc3ccc(NC(=O)C4CCC5C(=O)OC(=O)C5C4)cc3)CCC12.